The van der Waals surface area contributed by atoms with Crippen LogP contribution in [-0.4, -0.2) is 30.0 Å². The van der Waals surface area contributed by atoms with Crippen molar-refractivity contribution in [2.24, 2.45) is 0 Å². The first kappa shape index (κ1) is 11.5. The quantitative estimate of drug-likeness (QED) is 0.593. The molecule has 2 N–H and O–H groups in total. The summed E-state index contributed by atoms with van der Waals surface area (Å²) in [7, 11) is 0. The van der Waals surface area contributed by atoms with Crippen LogP contribution in [0.4, 0.5) is 5.69 Å². The normalized spacial score (nSPS) is 15.1. The van der Waals surface area contributed by atoms with Crippen LogP contribution in [0, 0.1) is 17.0 Å². The molecule has 90 valence electrons. The summed E-state index contributed by atoms with van der Waals surface area (Å²) in [5.74, 6) is -0.374. The number of amides is 1. The molecule has 2 rings (SSSR count). The number of carbonyl (C=O) groups is 1. The Bertz CT molecular complexity index is 469. The highest BCUT2D eigenvalue weighted by Gasteiger charge is 2.26. The summed E-state index contributed by atoms with van der Waals surface area (Å²) in [4.78, 5) is 22.3. The smallest absolute Gasteiger partial charge is 0.282 e. The minimum atomic E-state index is -0.527. The van der Waals surface area contributed by atoms with Crippen LogP contribution in [0.3, 0.4) is 0 Å². The van der Waals surface area contributed by atoms with Gasteiger partial charge in [0.05, 0.1) is 11.0 Å². The summed E-state index contributed by atoms with van der Waals surface area (Å²) in [6, 6.07) is 4.69. The SMILES string of the molecule is Cc1cccc([N+](=O)[O-])c1C(=O)NC1CNC1. The van der Waals surface area contributed by atoms with Gasteiger partial charge in [-0.3, -0.25) is 14.9 Å². The Morgan fingerprint density at radius 3 is 2.76 bits per heavy atom. The van der Waals surface area contributed by atoms with Crippen LogP contribution in [0.5, 0.6) is 0 Å². The molecule has 0 aliphatic carbocycles. The summed E-state index contributed by atoms with van der Waals surface area (Å²) < 4.78 is 0. The number of hydrogen-bond acceptors (Lipinski definition) is 4. The third-order valence-corrected chi connectivity index (χ3v) is 2.79. The number of benzene rings is 1. The molecule has 0 unspecified atom stereocenters. The molecule has 1 aromatic carbocycles. The molecular weight excluding hydrogens is 222 g/mol. The minimum Gasteiger partial charge on any atom is -0.347 e. The largest absolute Gasteiger partial charge is 0.347 e. The van der Waals surface area contributed by atoms with E-state index in [0.29, 0.717) is 18.7 Å². The summed E-state index contributed by atoms with van der Waals surface area (Å²) >= 11 is 0. The predicted molar refractivity (Wildman–Crippen MR) is 62.0 cm³/mol. The van der Waals surface area contributed by atoms with Gasteiger partial charge in [0.15, 0.2) is 0 Å². The number of nitrogens with zero attached hydrogens (tertiary/aromatic N) is 1. The van der Waals surface area contributed by atoms with E-state index >= 15 is 0 Å². The standard InChI is InChI=1S/C11H13N3O3/c1-7-3-2-4-9(14(16)17)10(7)11(15)13-8-5-12-6-8/h2-4,8,12H,5-6H2,1H3,(H,13,15). The molecule has 17 heavy (non-hydrogen) atoms. The number of hydrogen-bond donors (Lipinski definition) is 2. The maximum absolute atomic E-state index is 12.0. The third kappa shape index (κ3) is 2.26. The molecule has 0 bridgehead atoms. The minimum absolute atomic E-state index is 0.0710. The van der Waals surface area contributed by atoms with Crippen LogP contribution in [0.15, 0.2) is 18.2 Å². The highest BCUT2D eigenvalue weighted by molar-refractivity contribution is 5.99. The van der Waals surface area contributed by atoms with E-state index in [0.717, 1.165) is 0 Å². The molecule has 0 radical (unpaired) electrons. The lowest BCUT2D eigenvalue weighted by molar-refractivity contribution is -0.385. The van der Waals surface area contributed by atoms with E-state index in [2.05, 4.69) is 10.6 Å². The van der Waals surface area contributed by atoms with Gasteiger partial charge in [0, 0.05) is 19.2 Å². The van der Waals surface area contributed by atoms with Crippen molar-refractivity contribution < 1.29 is 9.72 Å². The number of nitrogens with one attached hydrogen (secondary N) is 2. The molecule has 6 nitrogen and oxygen atoms in total. The van der Waals surface area contributed by atoms with Gasteiger partial charge in [0.2, 0.25) is 0 Å². The van der Waals surface area contributed by atoms with E-state index in [-0.39, 0.29) is 23.2 Å². The molecule has 0 aromatic heterocycles. The summed E-state index contributed by atoms with van der Waals surface area (Å²) in [5, 5.41) is 16.6. The van der Waals surface area contributed by atoms with Gasteiger partial charge in [0.25, 0.3) is 11.6 Å². The number of aryl methyl sites for hydroxylation is 1. The van der Waals surface area contributed by atoms with Crippen molar-refractivity contribution in [3.05, 3.63) is 39.4 Å². The Hall–Kier alpha value is -1.95. The monoisotopic (exact) mass is 235 g/mol. The van der Waals surface area contributed by atoms with Gasteiger partial charge < -0.3 is 10.6 Å². The van der Waals surface area contributed by atoms with Crippen molar-refractivity contribution in [3.63, 3.8) is 0 Å². The van der Waals surface area contributed by atoms with Gasteiger partial charge >= 0.3 is 0 Å². The zero-order valence-electron chi connectivity index (χ0n) is 9.40. The van der Waals surface area contributed by atoms with Crippen molar-refractivity contribution in [1.29, 1.82) is 0 Å². The van der Waals surface area contributed by atoms with Gasteiger partial charge in [-0.15, -0.1) is 0 Å². The second-order valence-electron chi connectivity index (χ2n) is 4.05. The molecule has 1 aromatic rings. The molecule has 0 saturated carbocycles. The van der Waals surface area contributed by atoms with Crippen molar-refractivity contribution in [2.45, 2.75) is 13.0 Å². The Morgan fingerprint density at radius 2 is 2.24 bits per heavy atom. The first-order chi connectivity index (χ1) is 8.09. The molecule has 0 spiro atoms. The second-order valence-corrected chi connectivity index (χ2v) is 4.05. The fourth-order valence-electron chi connectivity index (χ4n) is 1.75. The van der Waals surface area contributed by atoms with Gasteiger partial charge in [0.1, 0.15) is 5.56 Å². The van der Waals surface area contributed by atoms with Crippen molar-refractivity contribution in [3.8, 4) is 0 Å². The van der Waals surface area contributed by atoms with Crippen LogP contribution in [0.1, 0.15) is 15.9 Å². The number of nitro benzene ring substituents is 1. The molecule has 6 heteroatoms. The Kier molecular flexibility index (Phi) is 3.06. The summed E-state index contributed by atoms with van der Waals surface area (Å²) in [6.07, 6.45) is 0. The van der Waals surface area contributed by atoms with Gasteiger partial charge in [-0.25, -0.2) is 0 Å². The molecule has 1 amide bonds. The van der Waals surface area contributed by atoms with Crippen LogP contribution >= 0.6 is 0 Å². The van der Waals surface area contributed by atoms with E-state index in [1.54, 1.807) is 19.1 Å². The fraction of sp³-hybridized carbons (Fsp3) is 0.364. The van der Waals surface area contributed by atoms with Crippen LogP contribution in [0.2, 0.25) is 0 Å². The maximum atomic E-state index is 12.0. The molecule has 1 aliphatic heterocycles. The second kappa shape index (κ2) is 4.50. The van der Waals surface area contributed by atoms with E-state index in [4.69, 9.17) is 0 Å². The first-order valence-corrected chi connectivity index (χ1v) is 5.35. The highest BCUT2D eigenvalue weighted by Crippen LogP contribution is 2.21. The Labute approximate surface area is 98.2 Å². The molecule has 0 atom stereocenters. The number of nitro groups is 1. The van der Waals surface area contributed by atoms with E-state index in [1.807, 2.05) is 0 Å². The lowest BCUT2D eigenvalue weighted by Crippen LogP contribution is -2.57. The van der Waals surface area contributed by atoms with Crippen LogP contribution in [0.25, 0.3) is 0 Å². The Balaban J connectivity index is 2.28. The van der Waals surface area contributed by atoms with Gasteiger partial charge in [-0.1, -0.05) is 12.1 Å². The predicted octanol–water partition coefficient (Wildman–Crippen LogP) is 0.605. The lowest BCUT2D eigenvalue weighted by Gasteiger charge is -2.28. The topological polar surface area (TPSA) is 84.3 Å². The first-order valence-electron chi connectivity index (χ1n) is 5.35. The summed E-state index contributed by atoms with van der Waals surface area (Å²) in [6.45, 7) is 3.12. The highest BCUT2D eigenvalue weighted by atomic mass is 16.6. The molecule has 1 saturated heterocycles. The van der Waals surface area contributed by atoms with Crippen molar-refractivity contribution in [2.75, 3.05) is 13.1 Å². The Morgan fingerprint density at radius 1 is 1.53 bits per heavy atom. The maximum Gasteiger partial charge on any atom is 0.282 e. The zero-order valence-corrected chi connectivity index (χ0v) is 9.40. The average Bonchev–Trinajstić information content (AvgIpc) is 2.22. The van der Waals surface area contributed by atoms with E-state index in [1.165, 1.54) is 6.07 Å². The zero-order chi connectivity index (χ0) is 12.4. The van der Waals surface area contributed by atoms with Crippen molar-refractivity contribution >= 4 is 11.6 Å². The van der Waals surface area contributed by atoms with Crippen LogP contribution in [-0.2, 0) is 0 Å². The van der Waals surface area contributed by atoms with E-state index in [9.17, 15) is 14.9 Å². The van der Waals surface area contributed by atoms with Gasteiger partial charge in [-0.2, -0.15) is 0 Å². The molecule has 1 fully saturated rings. The molecular formula is C11H13N3O3. The van der Waals surface area contributed by atoms with E-state index < -0.39 is 4.92 Å². The lowest BCUT2D eigenvalue weighted by atomic mass is 10.0. The van der Waals surface area contributed by atoms with Gasteiger partial charge in [-0.05, 0) is 12.5 Å². The molecule has 1 heterocycles. The third-order valence-electron chi connectivity index (χ3n) is 2.79. The van der Waals surface area contributed by atoms with Crippen LogP contribution < -0.4 is 10.6 Å². The van der Waals surface area contributed by atoms with Crippen molar-refractivity contribution in [1.82, 2.24) is 10.6 Å². The summed E-state index contributed by atoms with van der Waals surface area (Å²) in [5.41, 5.74) is 0.628. The number of rotatable bonds is 3. The number of carbonyl (C=O) groups excluding carboxylic acids is 1. The molecule has 1 aliphatic rings. The average molecular weight is 235 g/mol. The fourth-order valence-corrected chi connectivity index (χ4v) is 1.75.